The number of hydrogen-bond donors (Lipinski definition) is 1. The SMILES string of the molecule is Cc1ccc(CN2C(=O)C(c3ccc([N+](=O)[O-])cc3)=C(N3CCCC(CO)C3)C2=O)cc1. The van der Waals surface area contributed by atoms with Crippen molar-refractivity contribution in [2.45, 2.75) is 26.3 Å². The third-order valence-electron chi connectivity index (χ3n) is 6.07. The second kappa shape index (κ2) is 8.92. The number of amides is 2. The maximum absolute atomic E-state index is 13.5. The molecule has 4 rings (SSSR count). The van der Waals surface area contributed by atoms with Crippen LogP contribution in [0.3, 0.4) is 0 Å². The summed E-state index contributed by atoms with van der Waals surface area (Å²) < 4.78 is 0. The number of hydrogen-bond acceptors (Lipinski definition) is 6. The molecule has 8 heteroatoms. The lowest BCUT2D eigenvalue weighted by Crippen LogP contribution is -2.40. The van der Waals surface area contributed by atoms with Gasteiger partial charge in [0.25, 0.3) is 17.5 Å². The lowest BCUT2D eigenvalue weighted by molar-refractivity contribution is -0.384. The number of aryl methyl sites for hydroxylation is 1. The first-order valence-corrected chi connectivity index (χ1v) is 10.7. The average molecular weight is 435 g/mol. The van der Waals surface area contributed by atoms with Crippen molar-refractivity contribution in [3.05, 3.63) is 81.0 Å². The molecule has 2 aromatic rings. The molecule has 32 heavy (non-hydrogen) atoms. The number of nitrogens with zero attached hydrogens (tertiary/aromatic N) is 3. The number of non-ortho nitro benzene ring substituents is 1. The van der Waals surface area contributed by atoms with E-state index < -0.39 is 10.8 Å². The zero-order valence-corrected chi connectivity index (χ0v) is 17.9. The van der Waals surface area contributed by atoms with E-state index in [-0.39, 0.29) is 36.2 Å². The highest BCUT2D eigenvalue weighted by Crippen LogP contribution is 2.35. The number of aliphatic hydroxyl groups is 1. The smallest absolute Gasteiger partial charge is 0.278 e. The lowest BCUT2D eigenvalue weighted by atomic mass is 9.97. The monoisotopic (exact) mass is 435 g/mol. The van der Waals surface area contributed by atoms with Crippen LogP contribution in [0.5, 0.6) is 0 Å². The van der Waals surface area contributed by atoms with Gasteiger partial charge in [0.15, 0.2) is 0 Å². The van der Waals surface area contributed by atoms with Gasteiger partial charge in [-0.1, -0.05) is 29.8 Å². The maximum Gasteiger partial charge on any atom is 0.278 e. The highest BCUT2D eigenvalue weighted by molar-refractivity contribution is 6.35. The Morgan fingerprint density at radius 1 is 1.06 bits per heavy atom. The van der Waals surface area contributed by atoms with Crippen molar-refractivity contribution in [1.82, 2.24) is 9.80 Å². The van der Waals surface area contributed by atoms with Gasteiger partial charge in [-0.25, -0.2) is 0 Å². The third-order valence-corrected chi connectivity index (χ3v) is 6.07. The molecule has 1 saturated heterocycles. The molecule has 0 saturated carbocycles. The van der Waals surface area contributed by atoms with Crippen molar-refractivity contribution in [1.29, 1.82) is 0 Å². The number of benzene rings is 2. The molecule has 0 bridgehead atoms. The van der Waals surface area contributed by atoms with Crippen molar-refractivity contribution < 1.29 is 19.6 Å². The number of aliphatic hydroxyl groups excluding tert-OH is 1. The Labute approximate surface area is 185 Å². The molecule has 2 aromatic carbocycles. The van der Waals surface area contributed by atoms with Gasteiger partial charge in [0, 0.05) is 31.8 Å². The molecule has 0 aliphatic carbocycles. The van der Waals surface area contributed by atoms with E-state index in [1.807, 2.05) is 36.1 Å². The molecule has 1 N–H and O–H groups in total. The zero-order chi connectivity index (χ0) is 22.8. The van der Waals surface area contributed by atoms with E-state index in [1.165, 1.54) is 29.2 Å². The van der Waals surface area contributed by atoms with Crippen molar-refractivity contribution in [3.8, 4) is 0 Å². The predicted octanol–water partition coefficient (Wildman–Crippen LogP) is 2.89. The molecular formula is C24H25N3O5. The van der Waals surface area contributed by atoms with E-state index in [0.29, 0.717) is 24.4 Å². The normalized spacial score (nSPS) is 19.1. The molecule has 166 valence electrons. The standard InChI is InChI=1S/C24H25N3O5/c1-16-4-6-17(7-5-16)14-26-23(29)21(19-8-10-20(11-9-19)27(31)32)22(24(26)30)25-12-2-3-18(13-25)15-28/h4-11,18,28H,2-3,12-15H2,1H3. The van der Waals surface area contributed by atoms with Crippen molar-refractivity contribution in [2.75, 3.05) is 19.7 Å². The highest BCUT2D eigenvalue weighted by Gasteiger charge is 2.42. The van der Waals surface area contributed by atoms with Gasteiger partial charge < -0.3 is 10.0 Å². The van der Waals surface area contributed by atoms with E-state index in [4.69, 9.17) is 0 Å². The van der Waals surface area contributed by atoms with E-state index in [1.54, 1.807) is 0 Å². The Bertz CT molecular complexity index is 1080. The van der Waals surface area contributed by atoms with Gasteiger partial charge in [-0.2, -0.15) is 0 Å². The summed E-state index contributed by atoms with van der Waals surface area (Å²) in [5.41, 5.74) is 2.89. The van der Waals surface area contributed by atoms with Crippen LogP contribution in [-0.2, 0) is 16.1 Å². The van der Waals surface area contributed by atoms with Gasteiger partial charge in [-0.05, 0) is 48.9 Å². The summed E-state index contributed by atoms with van der Waals surface area (Å²) in [5.74, 6) is -0.753. The predicted molar refractivity (Wildman–Crippen MR) is 118 cm³/mol. The van der Waals surface area contributed by atoms with Crippen LogP contribution in [0.4, 0.5) is 5.69 Å². The molecule has 2 aliphatic heterocycles. The lowest BCUT2D eigenvalue weighted by Gasteiger charge is -2.34. The number of nitro benzene ring substituents is 1. The first-order chi connectivity index (χ1) is 15.4. The number of carbonyl (C=O) groups is 2. The Balaban J connectivity index is 1.73. The minimum atomic E-state index is -0.499. The van der Waals surface area contributed by atoms with Crippen LogP contribution in [0.2, 0.25) is 0 Å². The first kappa shape index (κ1) is 21.7. The molecule has 2 amide bonds. The van der Waals surface area contributed by atoms with Gasteiger partial charge in [-0.3, -0.25) is 24.6 Å². The molecule has 1 fully saturated rings. The molecule has 1 atom stereocenters. The molecule has 0 radical (unpaired) electrons. The fourth-order valence-electron chi connectivity index (χ4n) is 4.30. The minimum absolute atomic E-state index is 0.0197. The van der Waals surface area contributed by atoms with Crippen LogP contribution in [0.25, 0.3) is 5.57 Å². The van der Waals surface area contributed by atoms with Crippen LogP contribution in [0.15, 0.2) is 54.2 Å². The number of piperidine rings is 1. The zero-order valence-electron chi connectivity index (χ0n) is 17.9. The van der Waals surface area contributed by atoms with Crippen LogP contribution >= 0.6 is 0 Å². The van der Waals surface area contributed by atoms with E-state index in [0.717, 1.165) is 24.0 Å². The number of rotatable bonds is 6. The van der Waals surface area contributed by atoms with Crippen LogP contribution in [0.1, 0.15) is 29.5 Å². The van der Waals surface area contributed by atoms with Crippen LogP contribution < -0.4 is 0 Å². The molecule has 8 nitrogen and oxygen atoms in total. The minimum Gasteiger partial charge on any atom is -0.396 e. The van der Waals surface area contributed by atoms with E-state index in [9.17, 15) is 24.8 Å². The maximum atomic E-state index is 13.5. The summed E-state index contributed by atoms with van der Waals surface area (Å²) >= 11 is 0. The summed E-state index contributed by atoms with van der Waals surface area (Å²) in [6, 6.07) is 13.4. The summed E-state index contributed by atoms with van der Waals surface area (Å²) in [6.45, 7) is 3.23. The molecular weight excluding hydrogens is 410 g/mol. The average Bonchev–Trinajstić information content (AvgIpc) is 3.05. The third kappa shape index (κ3) is 4.13. The summed E-state index contributed by atoms with van der Waals surface area (Å²) in [5, 5.41) is 20.7. The largest absolute Gasteiger partial charge is 0.396 e. The summed E-state index contributed by atoms with van der Waals surface area (Å²) in [4.78, 5) is 40.6. The number of imide groups is 1. The van der Waals surface area contributed by atoms with Gasteiger partial charge >= 0.3 is 0 Å². The van der Waals surface area contributed by atoms with Crippen molar-refractivity contribution in [3.63, 3.8) is 0 Å². The Morgan fingerprint density at radius 2 is 1.75 bits per heavy atom. The van der Waals surface area contributed by atoms with Gasteiger partial charge in [0.2, 0.25) is 0 Å². The van der Waals surface area contributed by atoms with Gasteiger partial charge in [0.1, 0.15) is 5.70 Å². The van der Waals surface area contributed by atoms with Crippen LogP contribution in [0, 0.1) is 23.0 Å². The summed E-state index contributed by atoms with van der Waals surface area (Å²) in [6.07, 6.45) is 1.67. The molecule has 2 heterocycles. The Morgan fingerprint density at radius 3 is 2.38 bits per heavy atom. The Hall–Kier alpha value is -3.52. The second-order valence-corrected chi connectivity index (χ2v) is 8.35. The Kier molecular flexibility index (Phi) is 6.05. The van der Waals surface area contributed by atoms with E-state index in [2.05, 4.69) is 0 Å². The van der Waals surface area contributed by atoms with Crippen molar-refractivity contribution in [2.24, 2.45) is 5.92 Å². The number of carbonyl (C=O) groups excluding carboxylic acids is 2. The molecule has 0 spiro atoms. The van der Waals surface area contributed by atoms with Gasteiger partial charge in [-0.15, -0.1) is 0 Å². The first-order valence-electron chi connectivity index (χ1n) is 10.7. The quantitative estimate of drug-likeness (QED) is 0.425. The molecule has 1 unspecified atom stereocenters. The summed E-state index contributed by atoms with van der Waals surface area (Å²) in [7, 11) is 0. The van der Waals surface area contributed by atoms with Gasteiger partial charge in [0.05, 0.1) is 17.0 Å². The second-order valence-electron chi connectivity index (χ2n) is 8.35. The topological polar surface area (TPSA) is 104 Å². The van der Waals surface area contributed by atoms with Crippen LogP contribution in [-0.4, -0.2) is 51.3 Å². The number of nitro groups is 1. The fraction of sp³-hybridized carbons (Fsp3) is 0.333. The fourth-order valence-corrected chi connectivity index (χ4v) is 4.30. The van der Waals surface area contributed by atoms with Crippen molar-refractivity contribution >= 4 is 23.1 Å². The molecule has 0 aromatic heterocycles. The highest BCUT2D eigenvalue weighted by atomic mass is 16.6. The van der Waals surface area contributed by atoms with E-state index >= 15 is 0 Å². The molecule has 2 aliphatic rings. The number of likely N-dealkylation sites (tertiary alicyclic amines) is 1.